The number of rotatable bonds is 23. The van der Waals surface area contributed by atoms with Crippen molar-refractivity contribution in [3.05, 3.63) is 0 Å². The lowest BCUT2D eigenvalue weighted by Gasteiger charge is -2.10. The molecule has 0 aromatic rings. The molecule has 1 unspecified atom stereocenters. The second-order valence-corrected chi connectivity index (χ2v) is 8.74. The molecule has 0 radical (unpaired) electrons. The first-order chi connectivity index (χ1) is 13.7. The van der Waals surface area contributed by atoms with Crippen molar-refractivity contribution < 1.29 is 15.0 Å². The van der Waals surface area contributed by atoms with Gasteiger partial charge in [-0.05, 0) is 19.3 Å². The summed E-state index contributed by atoms with van der Waals surface area (Å²) in [6.07, 6.45) is 26.4. The zero-order valence-electron chi connectivity index (χ0n) is 18.9. The van der Waals surface area contributed by atoms with Crippen LogP contribution in [0.4, 0.5) is 0 Å². The van der Waals surface area contributed by atoms with Gasteiger partial charge in [-0.25, -0.2) is 0 Å². The number of carboxylic acid groups (broad SMARTS) is 1. The summed E-state index contributed by atoms with van der Waals surface area (Å²) in [4.78, 5) is 10.4. The Labute approximate surface area is 175 Å². The predicted octanol–water partition coefficient (Wildman–Crippen LogP) is 8.03. The number of hydrogen-bond acceptors (Lipinski definition) is 2. The topological polar surface area (TPSA) is 57.5 Å². The van der Waals surface area contributed by atoms with Crippen LogP contribution in [-0.2, 0) is 4.79 Å². The van der Waals surface area contributed by atoms with Gasteiger partial charge in [0.1, 0.15) is 0 Å². The Balaban J connectivity index is 3.13. The minimum absolute atomic E-state index is 0.151. The molecule has 1 atom stereocenters. The van der Waals surface area contributed by atoms with Crippen molar-refractivity contribution in [3.8, 4) is 0 Å². The highest BCUT2D eigenvalue weighted by molar-refractivity contribution is 5.66. The summed E-state index contributed by atoms with van der Waals surface area (Å²) in [5.74, 6) is -0.701. The van der Waals surface area contributed by atoms with Gasteiger partial charge in [-0.15, -0.1) is 0 Å². The van der Waals surface area contributed by atoms with Crippen LogP contribution in [0.15, 0.2) is 0 Å². The van der Waals surface area contributed by atoms with Crippen molar-refractivity contribution in [1.82, 2.24) is 0 Å². The van der Waals surface area contributed by atoms with Crippen molar-refractivity contribution in [1.29, 1.82) is 0 Å². The lowest BCUT2D eigenvalue weighted by atomic mass is 10.0. The molecule has 3 nitrogen and oxygen atoms in total. The first kappa shape index (κ1) is 27.4. The second-order valence-electron chi connectivity index (χ2n) is 8.74. The molecular weight excluding hydrogens is 348 g/mol. The summed E-state index contributed by atoms with van der Waals surface area (Å²) in [6, 6.07) is 0. The highest BCUT2D eigenvalue weighted by Gasteiger charge is 2.04. The van der Waals surface area contributed by atoms with Crippen LogP contribution in [-0.4, -0.2) is 22.3 Å². The van der Waals surface area contributed by atoms with Gasteiger partial charge >= 0.3 is 5.97 Å². The molecule has 0 aliphatic carbocycles. The predicted molar refractivity (Wildman–Crippen MR) is 121 cm³/mol. The van der Waals surface area contributed by atoms with E-state index in [4.69, 9.17) is 5.11 Å². The molecule has 168 valence electrons. The number of aliphatic carboxylic acids is 1. The number of carboxylic acids is 1. The summed E-state index contributed by atoms with van der Waals surface area (Å²) in [5, 5.41) is 18.6. The summed E-state index contributed by atoms with van der Waals surface area (Å²) in [5.41, 5.74) is 0. The Morgan fingerprint density at radius 2 is 0.893 bits per heavy atom. The average molecular weight is 399 g/mol. The molecule has 0 bridgehead atoms. The molecule has 0 aliphatic rings. The number of hydrogen-bond donors (Lipinski definition) is 2. The van der Waals surface area contributed by atoms with Crippen molar-refractivity contribution in [2.45, 2.75) is 154 Å². The molecule has 0 rings (SSSR count). The Morgan fingerprint density at radius 3 is 1.25 bits per heavy atom. The van der Waals surface area contributed by atoms with Gasteiger partial charge in [0, 0.05) is 6.42 Å². The van der Waals surface area contributed by atoms with Gasteiger partial charge in [0.2, 0.25) is 0 Å². The van der Waals surface area contributed by atoms with Crippen molar-refractivity contribution >= 4 is 5.97 Å². The van der Waals surface area contributed by atoms with Crippen molar-refractivity contribution in [2.75, 3.05) is 0 Å². The van der Waals surface area contributed by atoms with Crippen molar-refractivity contribution in [3.63, 3.8) is 0 Å². The SMILES string of the molecule is CCCCCCCCCCCCCCCCCC(O)CCCCCCC(=O)O. The molecule has 3 heteroatoms. The van der Waals surface area contributed by atoms with Crippen LogP contribution >= 0.6 is 0 Å². The largest absolute Gasteiger partial charge is 0.481 e. The van der Waals surface area contributed by atoms with E-state index in [9.17, 15) is 9.90 Å². The highest BCUT2D eigenvalue weighted by atomic mass is 16.4. The second kappa shape index (κ2) is 22.7. The van der Waals surface area contributed by atoms with E-state index in [1.807, 2.05) is 0 Å². The van der Waals surface area contributed by atoms with E-state index in [1.165, 1.54) is 89.9 Å². The van der Waals surface area contributed by atoms with Gasteiger partial charge in [0.05, 0.1) is 6.10 Å². The number of aliphatic hydroxyl groups excluding tert-OH is 1. The van der Waals surface area contributed by atoms with E-state index >= 15 is 0 Å². The number of aliphatic hydroxyl groups is 1. The van der Waals surface area contributed by atoms with Crippen molar-refractivity contribution in [2.24, 2.45) is 0 Å². The van der Waals surface area contributed by atoms with Crippen LogP contribution in [0.5, 0.6) is 0 Å². The van der Waals surface area contributed by atoms with Gasteiger partial charge < -0.3 is 10.2 Å². The van der Waals surface area contributed by atoms with Crippen LogP contribution < -0.4 is 0 Å². The fourth-order valence-electron chi connectivity index (χ4n) is 3.91. The van der Waals surface area contributed by atoms with E-state index in [2.05, 4.69) is 6.92 Å². The van der Waals surface area contributed by atoms with Crippen LogP contribution in [0.25, 0.3) is 0 Å². The van der Waals surface area contributed by atoms with E-state index in [1.54, 1.807) is 0 Å². The van der Waals surface area contributed by atoms with Gasteiger partial charge in [0.25, 0.3) is 0 Å². The maximum Gasteiger partial charge on any atom is 0.303 e. The Kier molecular flexibility index (Phi) is 22.3. The summed E-state index contributed by atoms with van der Waals surface area (Å²) in [7, 11) is 0. The molecule has 0 fully saturated rings. The van der Waals surface area contributed by atoms with Crippen LogP contribution in [0.3, 0.4) is 0 Å². The quantitative estimate of drug-likeness (QED) is 0.171. The number of carbonyl (C=O) groups is 1. The Morgan fingerprint density at radius 1 is 0.571 bits per heavy atom. The van der Waals surface area contributed by atoms with E-state index in [0.717, 1.165) is 44.9 Å². The zero-order valence-corrected chi connectivity index (χ0v) is 18.9. The molecular formula is C25H50O3. The highest BCUT2D eigenvalue weighted by Crippen LogP contribution is 2.15. The molecule has 0 aromatic carbocycles. The molecule has 0 spiro atoms. The lowest BCUT2D eigenvalue weighted by molar-refractivity contribution is -0.137. The first-order valence-electron chi connectivity index (χ1n) is 12.6. The summed E-state index contributed by atoms with van der Waals surface area (Å²) in [6.45, 7) is 2.28. The van der Waals surface area contributed by atoms with Crippen LogP contribution in [0.2, 0.25) is 0 Å². The Hall–Kier alpha value is -0.570. The number of unbranched alkanes of at least 4 members (excludes halogenated alkanes) is 17. The molecule has 0 saturated heterocycles. The monoisotopic (exact) mass is 398 g/mol. The molecule has 0 heterocycles. The van der Waals surface area contributed by atoms with Crippen LogP contribution in [0, 0.1) is 0 Å². The molecule has 28 heavy (non-hydrogen) atoms. The zero-order chi connectivity index (χ0) is 20.7. The Bertz CT molecular complexity index is 317. The first-order valence-corrected chi connectivity index (χ1v) is 12.6. The molecule has 2 N–H and O–H groups in total. The standard InChI is InChI=1S/C25H50O3/c1-2-3-4-5-6-7-8-9-10-11-12-13-14-15-18-21-24(26)22-19-16-17-20-23-25(27)28/h24,26H,2-23H2,1H3,(H,27,28). The molecule has 0 aliphatic heterocycles. The third kappa shape index (κ3) is 23.5. The third-order valence-corrected chi connectivity index (χ3v) is 5.82. The summed E-state index contributed by atoms with van der Waals surface area (Å²) >= 11 is 0. The fourth-order valence-corrected chi connectivity index (χ4v) is 3.91. The normalized spacial score (nSPS) is 12.4. The van der Waals surface area contributed by atoms with E-state index in [-0.39, 0.29) is 12.5 Å². The minimum Gasteiger partial charge on any atom is -0.481 e. The summed E-state index contributed by atoms with van der Waals surface area (Å²) < 4.78 is 0. The van der Waals surface area contributed by atoms with Gasteiger partial charge in [-0.2, -0.15) is 0 Å². The smallest absolute Gasteiger partial charge is 0.303 e. The third-order valence-electron chi connectivity index (χ3n) is 5.82. The maximum absolute atomic E-state index is 10.4. The fraction of sp³-hybridized carbons (Fsp3) is 0.960. The average Bonchev–Trinajstić information content (AvgIpc) is 2.67. The molecule has 0 amide bonds. The molecule has 0 aromatic heterocycles. The van der Waals surface area contributed by atoms with Crippen LogP contribution in [0.1, 0.15) is 148 Å². The minimum atomic E-state index is -0.701. The van der Waals surface area contributed by atoms with Gasteiger partial charge in [-0.1, -0.05) is 122 Å². The van der Waals surface area contributed by atoms with E-state index < -0.39 is 5.97 Å². The maximum atomic E-state index is 10.4. The lowest BCUT2D eigenvalue weighted by Crippen LogP contribution is -2.06. The van der Waals surface area contributed by atoms with Gasteiger partial charge in [0.15, 0.2) is 0 Å². The molecule has 0 saturated carbocycles. The van der Waals surface area contributed by atoms with E-state index in [0.29, 0.717) is 0 Å². The van der Waals surface area contributed by atoms with Gasteiger partial charge in [-0.3, -0.25) is 4.79 Å².